The summed E-state index contributed by atoms with van der Waals surface area (Å²) in [5.41, 5.74) is 0.624. The van der Waals surface area contributed by atoms with E-state index in [0.29, 0.717) is 16.6 Å². The first-order valence-corrected chi connectivity index (χ1v) is 7.58. The number of hydrogen-bond donors (Lipinski definition) is 0. The maximum atomic E-state index is 12.6. The summed E-state index contributed by atoms with van der Waals surface area (Å²) >= 11 is 9.54. The fourth-order valence-electron chi connectivity index (χ4n) is 2.18. The van der Waals surface area contributed by atoms with Gasteiger partial charge in [-0.3, -0.25) is 4.79 Å². The fourth-order valence-corrected chi connectivity index (χ4v) is 2.74. The average Bonchev–Trinajstić information content (AvgIpc) is 3.21. The summed E-state index contributed by atoms with van der Waals surface area (Å²) in [7, 11) is 0. The lowest BCUT2D eigenvalue weighted by Crippen LogP contribution is -2.35. The first-order valence-electron chi connectivity index (χ1n) is 6.41. The van der Waals surface area contributed by atoms with Gasteiger partial charge in [-0.25, -0.2) is 0 Å². The molecule has 0 aromatic heterocycles. The van der Waals surface area contributed by atoms with E-state index in [4.69, 9.17) is 11.6 Å². The van der Waals surface area contributed by atoms with Crippen LogP contribution in [-0.4, -0.2) is 23.4 Å². The van der Waals surface area contributed by atoms with Crippen LogP contribution in [0.3, 0.4) is 0 Å². The SMILES string of the molecule is O=C(c1cc(Br)ccc1Cl)N(CC1CC1)C1CC1. The van der Waals surface area contributed by atoms with Crippen LogP contribution in [0.4, 0.5) is 0 Å². The molecule has 0 atom stereocenters. The molecule has 18 heavy (non-hydrogen) atoms. The van der Waals surface area contributed by atoms with Gasteiger partial charge in [0, 0.05) is 17.1 Å². The number of nitrogens with zero attached hydrogens (tertiary/aromatic N) is 1. The second-order valence-corrected chi connectivity index (χ2v) is 6.58. The van der Waals surface area contributed by atoms with E-state index >= 15 is 0 Å². The van der Waals surface area contributed by atoms with Crippen LogP contribution in [0.15, 0.2) is 22.7 Å². The molecule has 0 saturated heterocycles. The van der Waals surface area contributed by atoms with Crippen LogP contribution in [0, 0.1) is 5.92 Å². The fraction of sp³-hybridized carbons (Fsp3) is 0.500. The summed E-state index contributed by atoms with van der Waals surface area (Å²) < 4.78 is 0.900. The van der Waals surface area contributed by atoms with Crippen molar-refractivity contribution in [2.75, 3.05) is 6.54 Å². The van der Waals surface area contributed by atoms with Gasteiger partial charge in [-0.2, -0.15) is 0 Å². The van der Waals surface area contributed by atoms with Crippen LogP contribution in [0.25, 0.3) is 0 Å². The van der Waals surface area contributed by atoms with Gasteiger partial charge in [-0.15, -0.1) is 0 Å². The first-order chi connectivity index (χ1) is 8.65. The molecule has 0 spiro atoms. The zero-order chi connectivity index (χ0) is 12.7. The lowest BCUT2D eigenvalue weighted by atomic mass is 10.2. The Morgan fingerprint density at radius 2 is 2.06 bits per heavy atom. The third-order valence-electron chi connectivity index (χ3n) is 3.56. The van der Waals surface area contributed by atoms with Crippen LogP contribution in [0.2, 0.25) is 5.02 Å². The molecule has 0 N–H and O–H groups in total. The quantitative estimate of drug-likeness (QED) is 0.814. The summed E-state index contributed by atoms with van der Waals surface area (Å²) in [5.74, 6) is 0.816. The Balaban J connectivity index is 1.83. The van der Waals surface area contributed by atoms with Gasteiger partial charge in [0.1, 0.15) is 0 Å². The third-order valence-corrected chi connectivity index (χ3v) is 4.38. The molecule has 0 heterocycles. The van der Waals surface area contributed by atoms with Gasteiger partial charge in [0.25, 0.3) is 5.91 Å². The molecule has 4 heteroatoms. The van der Waals surface area contributed by atoms with Crippen LogP contribution in [0.5, 0.6) is 0 Å². The molecule has 0 radical (unpaired) electrons. The molecule has 2 nitrogen and oxygen atoms in total. The highest BCUT2D eigenvalue weighted by molar-refractivity contribution is 9.10. The van der Waals surface area contributed by atoms with Crippen molar-refractivity contribution < 1.29 is 4.79 Å². The van der Waals surface area contributed by atoms with Crippen molar-refractivity contribution in [3.63, 3.8) is 0 Å². The number of carbonyl (C=O) groups is 1. The Morgan fingerprint density at radius 3 is 2.67 bits per heavy atom. The Kier molecular flexibility index (Phi) is 3.37. The first kappa shape index (κ1) is 12.5. The number of benzene rings is 1. The molecule has 2 aliphatic rings. The topological polar surface area (TPSA) is 20.3 Å². The van der Waals surface area contributed by atoms with E-state index in [0.717, 1.165) is 29.8 Å². The normalized spacial score (nSPS) is 18.8. The standard InChI is InChI=1S/C14H15BrClNO/c15-10-3-6-13(16)12(7-10)14(18)17(11-4-5-11)8-9-1-2-9/h3,6-7,9,11H,1-2,4-5,8H2. The molecule has 2 aliphatic carbocycles. The number of amides is 1. The summed E-state index contributed by atoms with van der Waals surface area (Å²) in [5, 5.41) is 0.546. The van der Waals surface area contributed by atoms with E-state index < -0.39 is 0 Å². The van der Waals surface area contributed by atoms with Crippen molar-refractivity contribution >= 4 is 33.4 Å². The van der Waals surface area contributed by atoms with Crippen molar-refractivity contribution in [3.05, 3.63) is 33.3 Å². The minimum absolute atomic E-state index is 0.0932. The molecule has 3 rings (SSSR count). The van der Waals surface area contributed by atoms with E-state index in [1.807, 2.05) is 17.0 Å². The molecule has 2 saturated carbocycles. The van der Waals surface area contributed by atoms with Crippen molar-refractivity contribution in [3.8, 4) is 0 Å². The van der Waals surface area contributed by atoms with E-state index in [2.05, 4.69) is 15.9 Å². The molecular weight excluding hydrogens is 314 g/mol. The zero-order valence-electron chi connectivity index (χ0n) is 10.0. The highest BCUT2D eigenvalue weighted by atomic mass is 79.9. The van der Waals surface area contributed by atoms with Crippen molar-refractivity contribution in [1.82, 2.24) is 4.90 Å². The number of rotatable bonds is 4. The molecule has 96 valence electrons. The second kappa shape index (κ2) is 4.86. The van der Waals surface area contributed by atoms with Crippen LogP contribution in [0.1, 0.15) is 36.0 Å². The van der Waals surface area contributed by atoms with Gasteiger partial charge < -0.3 is 4.90 Å². The molecule has 0 bridgehead atoms. The van der Waals surface area contributed by atoms with Gasteiger partial charge in [-0.05, 0) is 49.8 Å². The van der Waals surface area contributed by atoms with E-state index in [-0.39, 0.29) is 5.91 Å². The summed E-state index contributed by atoms with van der Waals surface area (Å²) in [6.45, 7) is 0.909. The van der Waals surface area contributed by atoms with Gasteiger partial charge in [0.2, 0.25) is 0 Å². The lowest BCUT2D eigenvalue weighted by Gasteiger charge is -2.23. The Hall–Kier alpha value is -0.540. The van der Waals surface area contributed by atoms with Gasteiger partial charge in [-0.1, -0.05) is 27.5 Å². The van der Waals surface area contributed by atoms with Gasteiger partial charge >= 0.3 is 0 Å². The van der Waals surface area contributed by atoms with E-state index in [9.17, 15) is 4.79 Å². The highest BCUT2D eigenvalue weighted by Crippen LogP contribution is 2.36. The van der Waals surface area contributed by atoms with Gasteiger partial charge in [0.15, 0.2) is 0 Å². The Labute approximate surface area is 120 Å². The third kappa shape index (κ3) is 2.72. The Bertz CT molecular complexity index is 483. The van der Waals surface area contributed by atoms with Gasteiger partial charge in [0.05, 0.1) is 10.6 Å². The molecular formula is C14H15BrClNO. The maximum absolute atomic E-state index is 12.6. The minimum atomic E-state index is 0.0932. The van der Waals surface area contributed by atoms with E-state index in [1.54, 1.807) is 6.07 Å². The smallest absolute Gasteiger partial charge is 0.255 e. The number of halogens is 2. The molecule has 1 amide bonds. The predicted octanol–water partition coefficient (Wildman–Crippen LogP) is 4.12. The molecule has 0 unspecified atom stereocenters. The Morgan fingerprint density at radius 1 is 1.33 bits per heavy atom. The molecule has 0 aliphatic heterocycles. The molecule has 1 aromatic carbocycles. The van der Waals surface area contributed by atoms with Crippen molar-refractivity contribution in [2.45, 2.75) is 31.7 Å². The van der Waals surface area contributed by atoms with Crippen LogP contribution in [-0.2, 0) is 0 Å². The average molecular weight is 329 g/mol. The van der Waals surface area contributed by atoms with Crippen LogP contribution < -0.4 is 0 Å². The van der Waals surface area contributed by atoms with Crippen molar-refractivity contribution in [1.29, 1.82) is 0 Å². The number of hydrogen-bond acceptors (Lipinski definition) is 1. The highest BCUT2D eigenvalue weighted by Gasteiger charge is 2.37. The summed E-state index contributed by atoms with van der Waals surface area (Å²) in [6.07, 6.45) is 4.82. The second-order valence-electron chi connectivity index (χ2n) is 5.26. The van der Waals surface area contributed by atoms with Crippen molar-refractivity contribution in [2.24, 2.45) is 5.92 Å². The number of carbonyl (C=O) groups excluding carboxylic acids is 1. The molecule has 1 aromatic rings. The van der Waals surface area contributed by atoms with Crippen LogP contribution >= 0.6 is 27.5 Å². The molecule has 2 fully saturated rings. The monoisotopic (exact) mass is 327 g/mol. The zero-order valence-corrected chi connectivity index (χ0v) is 12.4. The maximum Gasteiger partial charge on any atom is 0.255 e. The van der Waals surface area contributed by atoms with E-state index in [1.165, 1.54) is 12.8 Å². The summed E-state index contributed by atoms with van der Waals surface area (Å²) in [6, 6.07) is 5.92. The lowest BCUT2D eigenvalue weighted by molar-refractivity contribution is 0.0735. The largest absolute Gasteiger partial charge is 0.335 e. The minimum Gasteiger partial charge on any atom is -0.335 e. The predicted molar refractivity (Wildman–Crippen MR) is 75.9 cm³/mol. The summed E-state index contributed by atoms with van der Waals surface area (Å²) in [4.78, 5) is 14.6.